The van der Waals surface area contributed by atoms with Gasteiger partial charge in [0.05, 0.1) is 15.1 Å². The van der Waals surface area contributed by atoms with Crippen LogP contribution >= 0.6 is 34.8 Å². The third-order valence-corrected chi connectivity index (χ3v) is 9.57. The van der Waals surface area contributed by atoms with E-state index in [4.69, 9.17) is 34.8 Å². The molecule has 0 aliphatic carbocycles. The second-order valence-electron chi connectivity index (χ2n) is 10.7. The number of rotatable bonds is 16. The predicted octanol–water partition coefficient (Wildman–Crippen LogP) is 9.63. The molecule has 3 aromatic carbocycles. The van der Waals surface area contributed by atoms with Crippen molar-refractivity contribution in [1.82, 2.24) is 9.80 Å². The molecule has 0 amide bonds. The second-order valence-corrected chi connectivity index (χ2v) is 11.9. The van der Waals surface area contributed by atoms with Crippen LogP contribution in [0.3, 0.4) is 0 Å². The minimum Gasteiger partial charge on any atom is -0.370 e. The number of hydrogen-bond donors (Lipinski definition) is 0. The minimum absolute atomic E-state index is 0.684. The van der Waals surface area contributed by atoms with Gasteiger partial charge in [-0.3, -0.25) is 0 Å². The molecule has 0 saturated heterocycles. The van der Waals surface area contributed by atoms with Crippen molar-refractivity contribution in [2.45, 2.75) is 48.5 Å². The lowest BCUT2D eigenvalue weighted by Crippen LogP contribution is -2.35. The fraction of sp³-hybridized carbons (Fsp3) is 0.486. The van der Waals surface area contributed by atoms with Gasteiger partial charge in [-0.2, -0.15) is 0 Å². The van der Waals surface area contributed by atoms with Crippen molar-refractivity contribution in [3.63, 3.8) is 0 Å². The Morgan fingerprint density at radius 1 is 0.500 bits per heavy atom. The van der Waals surface area contributed by atoms with E-state index >= 15 is 0 Å². The standard InChI is InChI=1S/C35H49Cl3N4/c1-8-39(9-2)20-22-41(12-5)27-15-18-29(32(36)24-27)30-17-14-26(7)35(38)34(30)31-19-16-28(25-33(31)37)42(13-6)23-21-40(10-3)11-4/h14-19,24-25H,8-13,20-23H2,1-7H3. The zero-order chi connectivity index (χ0) is 30.8. The van der Waals surface area contributed by atoms with E-state index < -0.39 is 0 Å². The van der Waals surface area contributed by atoms with Crippen molar-refractivity contribution >= 4 is 46.2 Å². The van der Waals surface area contributed by atoms with E-state index in [0.717, 1.165) is 105 Å². The third-order valence-electron chi connectivity index (χ3n) is 8.45. The van der Waals surface area contributed by atoms with Crippen LogP contribution in [0.5, 0.6) is 0 Å². The Bertz CT molecular complexity index is 1290. The molecule has 0 unspecified atom stereocenters. The van der Waals surface area contributed by atoms with E-state index in [2.05, 4.69) is 110 Å². The molecule has 0 heterocycles. The fourth-order valence-corrected chi connectivity index (χ4v) is 6.35. The summed E-state index contributed by atoms with van der Waals surface area (Å²) in [5.74, 6) is 0. The van der Waals surface area contributed by atoms with Crippen LogP contribution in [0.4, 0.5) is 11.4 Å². The summed E-state index contributed by atoms with van der Waals surface area (Å²) in [4.78, 5) is 9.64. The van der Waals surface area contributed by atoms with E-state index in [1.807, 2.05) is 6.92 Å². The smallest absolute Gasteiger partial charge is 0.0520 e. The lowest BCUT2D eigenvalue weighted by atomic mass is 9.92. The van der Waals surface area contributed by atoms with Gasteiger partial charge in [-0.1, -0.05) is 86.8 Å². The molecule has 0 spiro atoms. The second kappa shape index (κ2) is 16.8. The Balaban J connectivity index is 1.98. The molecular weight excluding hydrogens is 583 g/mol. The molecule has 42 heavy (non-hydrogen) atoms. The number of anilines is 2. The van der Waals surface area contributed by atoms with Crippen LogP contribution < -0.4 is 9.80 Å². The Morgan fingerprint density at radius 3 is 1.33 bits per heavy atom. The van der Waals surface area contributed by atoms with Gasteiger partial charge in [0.15, 0.2) is 0 Å². The van der Waals surface area contributed by atoms with Gasteiger partial charge in [0.25, 0.3) is 0 Å². The molecule has 0 saturated carbocycles. The van der Waals surface area contributed by atoms with E-state index in [1.165, 1.54) is 0 Å². The molecule has 0 aliphatic rings. The maximum atomic E-state index is 7.04. The first-order valence-corrected chi connectivity index (χ1v) is 16.7. The quantitative estimate of drug-likeness (QED) is 0.156. The monoisotopic (exact) mass is 630 g/mol. The summed E-state index contributed by atoms with van der Waals surface area (Å²) >= 11 is 21.1. The zero-order valence-corrected chi connectivity index (χ0v) is 28.9. The lowest BCUT2D eigenvalue weighted by Gasteiger charge is -2.28. The van der Waals surface area contributed by atoms with Crippen LogP contribution in [0, 0.1) is 6.92 Å². The summed E-state index contributed by atoms with van der Waals surface area (Å²) < 4.78 is 0. The molecule has 4 nitrogen and oxygen atoms in total. The highest BCUT2D eigenvalue weighted by molar-refractivity contribution is 6.38. The number of likely N-dealkylation sites (N-methyl/N-ethyl adjacent to an activating group) is 4. The molecule has 3 aromatic rings. The van der Waals surface area contributed by atoms with Gasteiger partial charge in [-0.05, 0) is 82.3 Å². The van der Waals surface area contributed by atoms with E-state index in [9.17, 15) is 0 Å². The first-order valence-electron chi connectivity index (χ1n) is 15.6. The van der Waals surface area contributed by atoms with Crippen LogP contribution in [0.2, 0.25) is 15.1 Å². The highest BCUT2D eigenvalue weighted by atomic mass is 35.5. The normalized spacial score (nSPS) is 11.5. The number of aryl methyl sites for hydroxylation is 1. The highest BCUT2D eigenvalue weighted by Crippen LogP contribution is 2.45. The largest absolute Gasteiger partial charge is 0.370 e. The van der Waals surface area contributed by atoms with Crippen molar-refractivity contribution in [1.29, 1.82) is 0 Å². The molecule has 0 fully saturated rings. The first-order chi connectivity index (χ1) is 20.2. The SMILES string of the molecule is CCN(CC)CCN(CC)c1ccc(-c2ccc(C)c(Cl)c2-c2ccc(N(CC)CCN(CC)CC)cc2Cl)c(Cl)c1. The van der Waals surface area contributed by atoms with Gasteiger partial charge in [-0.25, -0.2) is 0 Å². The van der Waals surface area contributed by atoms with Gasteiger partial charge in [0.2, 0.25) is 0 Å². The summed E-state index contributed by atoms with van der Waals surface area (Å²) in [6.07, 6.45) is 0. The summed E-state index contributed by atoms with van der Waals surface area (Å²) in [7, 11) is 0. The van der Waals surface area contributed by atoms with Crippen LogP contribution in [0.15, 0.2) is 48.5 Å². The molecule has 0 N–H and O–H groups in total. The number of hydrogen-bond acceptors (Lipinski definition) is 4. The van der Waals surface area contributed by atoms with Crippen LogP contribution in [0.1, 0.15) is 47.1 Å². The molecule has 0 atom stereocenters. The molecular formula is C35H49Cl3N4. The lowest BCUT2D eigenvalue weighted by molar-refractivity contribution is 0.310. The summed E-state index contributed by atoms with van der Waals surface area (Å²) in [5, 5.41) is 2.09. The Labute approximate surface area is 270 Å². The molecule has 0 aromatic heterocycles. The number of halogens is 3. The van der Waals surface area contributed by atoms with Crippen LogP contribution in [0.25, 0.3) is 22.3 Å². The van der Waals surface area contributed by atoms with Gasteiger partial charge in [0, 0.05) is 67.3 Å². The van der Waals surface area contributed by atoms with Crippen molar-refractivity contribution in [2.24, 2.45) is 0 Å². The maximum absolute atomic E-state index is 7.04. The zero-order valence-electron chi connectivity index (χ0n) is 26.6. The van der Waals surface area contributed by atoms with Crippen molar-refractivity contribution in [2.75, 3.05) is 75.2 Å². The van der Waals surface area contributed by atoms with Crippen molar-refractivity contribution in [3.05, 3.63) is 69.2 Å². The average Bonchev–Trinajstić information content (AvgIpc) is 2.99. The molecule has 3 rings (SSSR count). The average molecular weight is 632 g/mol. The third kappa shape index (κ3) is 8.36. The molecule has 7 heteroatoms. The summed E-state index contributed by atoms with van der Waals surface area (Å²) in [6, 6.07) is 16.9. The van der Waals surface area contributed by atoms with E-state index in [0.29, 0.717) is 15.1 Å². The molecule has 0 bridgehead atoms. The Kier molecular flexibility index (Phi) is 13.8. The number of benzene rings is 3. The molecule has 0 aliphatic heterocycles. The fourth-order valence-electron chi connectivity index (χ4n) is 5.53. The first kappa shape index (κ1) is 34.5. The minimum atomic E-state index is 0.684. The van der Waals surface area contributed by atoms with Gasteiger partial charge >= 0.3 is 0 Å². The summed E-state index contributed by atoms with van der Waals surface area (Å²) in [5.41, 5.74) is 7.02. The molecule has 230 valence electrons. The van der Waals surface area contributed by atoms with E-state index in [-0.39, 0.29) is 0 Å². The number of nitrogens with zero attached hydrogens (tertiary/aromatic N) is 4. The van der Waals surface area contributed by atoms with Crippen molar-refractivity contribution in [3.8, 4) is 22.3 Å². The highest BCUT2D eigenvalue weighted by Gasteiger charge is 2.20. The Hall–Kier alpha value is -1.95. The maximum Gasteiger partial charge on any atom is 0.0520 e. The Morgan fingerprint density at radius 2 is 0.929 bits per heavy atom. The summed E-state index contributed by atoms with van der Waals surface area (Å²) in [6.45, 7) is 25.3. The van der Waals surface area contributed by atoms with Crippen molar-refractivity contribution < 1.29 is 0 Å². The van der Waals surface area contributed by atoms with Crippen LogP contribution in [-0.2, 0) is 0 Å². The molecule has 0 radical (unpaired) electrons. The van der Waals surface area contributed by atoms with E-state index in [1.54, 1.807) is 0 Å². The van der Waals surface area contributed by atoms with Crippen LogP contribution in [-0.4, -0.2) is 75.2 Å². The topological polar surface area (TPSA) is 13.0 Å². The predicted molar refractivity (Wildman–Crippen MR) is 188 cm³/mol. The van der Waals surface area contributed by atoms with Gasteiger partial charge < -0.3 is 19.6 Å². The van der Waals surface area contributed by atoms with Gasteiger partial charge in [0.1, 0.15) is 0 Å². The van der Waals surface area contributed by atoms with Gasteiger partial charge in [-0.15, -0.1) is 0 Å².